The topological polar surface area (TPSA) is 74.3 Å². The van der Waals surface area contributed by atoms with Gasteiger partial charge in [-0.2, -0.15) is 0 Å². The normalized spacial score (nSPS) is 14.4. The number of nitrogens with zero attached hydrogens (tertiary/aromatic N) is 3. The van der Waals surface area contributed by atoms with Crippen LogP contribution in [0.15, 0.2) is 41.0 Å². The van der Waals surface area contributed by atoms with Crippen LogP contribution in [0, 0.1) is 0 Å². The maximum Gasteiger partial charge on any atom is 0.239 e. The predicted molar refractivity (Wildman–Crippen MR) is 106 cm³/mol. The molecule has 1 aliphatic rings. The number of furan rings is 1. The standard InChI is InChI=1S/C19H22N4O3S/c1-24-14-9-5-10-15(25-2)17(14)23-18(16-11-6-12-26-16)20-21-19(23)22-27-13-7-3-4-8-13/h5-6,9-13H,3-4,7-8H2,1-2H3,(H,21,22). The van der Waals surface area contributed by atoms with Crippen LogP contribution in [0.4, 0.5) is 5.95 Å². The second-order valence-corrected chi connectivity index (χ2v) is 7.40. The molecule has 0 aliphatic heterocycles. The Bertz CT molecular complexity index is 866. The highest BCUT2D eigenvalue weighted by Crippen LogP contribution is 2.38. The second kappa shape index (κ2) is 7.96. The molecule has 2 aromatic heterocycles. The molecule has 3 aromatic rings. The Morgan fingerprint density at radius 2 is 1.81 bits per heavy atom. The lowest BCUT2D eigenvalue weighted by molar-refractivity contribution is 0.391. The van der Waals surface area contributed by atoms with Crippen LogP contribution in [0.2, 0.25) is 0 Å². The average Bonchev–Trinajstić information content (AvgIpc) is 3.46. The van der Waals surface area contributed by atoms with E-state index in [9.17, 15) is 0 Å². The molecule has 1 N–H and O–H groups in total. The van der Waals surface area contributed by atoms with Gasteiger partial charge in [0.2, 0.25) is 11.8 Å². The van der Waals surface area contributed by atoms with Gasteiger partial charge in [-0.1, -0.05) is 18.9 Å². The molecule has 4 rings (SSSR count). The summed E-state index contributed by atoms with van der Waals surface area (Å²) in [5.41, 5.74) is 0.730. The largest absolute Gasteiger partial charge is 0.494 e. The first-order chi connectivity index (χ1) is 13.3. The van der Waals surface area contributed by atoms with E-state index in [1.807, 2.05) is 34.9 Å². The quantitative estimate of drug-likeness (QED) is 0.597. The van der Waals surface area contributed by atoms with Gasteiger partial charge in [-0.3, -0.25) is 9.29 Å². The van der Waals surface area contributed by atoms with Crippen molar-refractivity contribution in [2.45, 2.75) is 30.9 Å². The third kappa shape index (κ3) is 3.49. The van der Waals surface area contributed by atoms with Gasteiger partial charge in [0.05, 0.1) is 20.5 Å². The number of para-hydroxylation sites is 1. The van der Waals surface area contributed by atoms with Crippen molar-refractivity contribution in [3.8, 4) is 28.8 Å². The van der Waals surface area contributed by atoms with E-state index < -0.39 is 0 Å². The third-order valence-corrected chi connectivity index (χ3v) is 5.75. The number of nitrogens with one attached hydrogen (secondary N) is 1. The highest BCUT2D eigenvalue weighted by molar-refractivity contribution is 8.01. The Hall–Kier alpha value is -2.61. The van der Waals surface area contributed by atoms with Crippen molar-refractivity contribution in [1.29, 1.82) is 0 Å². The minimum absolute atomic E-state index is 0.581. The van der Waals surface area contributed by atoms with Gasteiger partial charge in [-0.15, -0.1) is 10.2 Å². The van der Waals surface area contributed by atoms with Gasteiger partial charge >= 0.3 is 0 Å². The molecule has 1 aromatic carbocycles. The Balaban J connectivity index is 1.80. The van der Waals surface area contributed by atoms with Crippen LogP contribution in [-0.4, -0.2) is 34.2 Å². The number of anilines is 1. The van der Waals surface area contributed by atoms with Crippen molar-refractivity contribution in [1.82, 2.24) is 14.8 Å². The molecule has 142 valence electrons. The van der Waals surface area contributed by atoms with Gasteiger partial charge in [0.1, 0.15) is 17.2 Å². The van der Waals surface area contributed by atoms with Gasteiger partial charge in [-0.25, -0.2) is 0 Å². The molecule has 0 unspecified atom stereocenters. The van der Waals surface area contributed by atoms with Crippen LogP contribution in [0.5, 0.6) is 11.5 Å². The van der Waals surface area contributed by atoms with E-state index in [4.69, 9.17) is 13.9 Å². The number of hydrogen-bond donors (Lipinski definition) is 1. The fraction of sp³-hybridized carbons (Fsp3) is 0.368. The zero-order valence-electron chi connectivity index (χ0n) is 15.3. The van der Waals surface area contributed by atoms with Crippen molar-refractivity contribution in [3.05, 3.63) is 36.6 Å². The van der Waals surface area contributed by atoms with Gasteiger partial charge in [-0.05, 0) is 49.1 Å². The zero-order chi connectivity index (χ0) is 18.6. The molecule has 1 saturated carbocycles. The number of benzene rings is 1. The molecule has 1 aliphatic carbocycles. The average molecular weight is 386 g/mol. The number of methoxy groups -OCH3 is 2. The molecule has 1 fully saturated rings. The van der Waals surface area contributed by atoms with E-state index in [1.54, 1.807) is 32.4 Å². The second-order valence-electron chi connectivity index (χ2n) is 6.30. The maximum absolute atomic E-state index is 5.60. The predicted octanol–water partition coefficient (Wildman–Crippen LogP) is 4.55. The van der Waals surface area contributed by atoms with Crippen molar-refractivity contribution in [2.24, 2.45) is 0 Å². The molecule has 0 bridgehead atoms. The fourth-order valence-electron chi connectivity index (χ4n) is 3.32. The van der Waals surface area contributed by atoms with Gasteiger partial charge in [0, 0.05) is 5.25 Å². The molecule has 7 nitrogen and oxygen atoms in total. The van der Waals surface area contributed by atoms with Crippen LogP contribution in [0.1, 0.15) is 25.7 Å². The van der Waals surface area contributed by atoms with E-state index in [2.05, 4.69) is 14.9 Å². The minimum atomic E-state index is 0.581. The Labute approximate surface area is 162 Å². The molecule has 0 radical (unpaired) electrons. The summed E-state index contributed by atoms with van der Waals surface area (Å²) in [5.74, 6) is 3.14. The summed E-state index contributed by atoms with van der Waals surface area (Å²) in [7, 11) is 3.27. The lowest BCUT2D eigenvalue weighted by atomic mass is 10.2. The number of hydrogen-bond acceptors (Lipinski definition) is 7. The highest BCUT2D eigenvalue weighted by Gasteiger charge is 2.24. The molecule has 8 heteroatoms. The van der Waals surface area contributed by atoms with Crippen molar-refractivity contribution < 1.29 is 13.9 Å². The molecule has 2 heterocycles. The van der Waals surface area contributed by atoms with Crippen molar-refractivity contribution in [3.63, 3.8) is 0 Å². The summed E-state index contributed by atoms with van der Waals surface area (Å²) >= 11 is 1.70. The summed E-state index contributed by atoms with van der Waals surface area (Å²) in [4.78, 5) is 0. The van der Waals surface area contributed by atoms with Gasteiger partial charge in [0.15, 0.2) is 5.76 Å². The fourth-order valence-corrected chi connectivity index (χ4v) is 4.30. The Kier molecular flexibility index (Phi) is 5.24. The van der Waals surface area contributed by atoms with Crippen LogP contribution >= 0.6 is 11.9 Å². The molecule has 0 amide bonds. The van der Waals surface area contributed by atoms with Crippen LogP contribution in [-0.2, 0) is 0 Å². The summed E-state index contributed by atoms with van der Waals surface area (Å²) in [6.07, 6.45) is 6.62. The first kappa shape index (κ1) is 17.8. The van der Waals surface area contributed by atoms with E-state index in [-0.39, 0.29) is 0 Å². The molecular formula is C19H22N4O3S. The molecule has 27 heavy (non-hydrogen) atoms. The summed E-state index contributed by atoms with van der Waals surface area (Å²) in [6, 6.07) is 9.35. The summed E-state index contributed by atoms with van der Waals surface area (Å²) < 4.78 is 22.1. The van der Waals surface area contributed by atoms with Crippen LogP contribution in [0.3, 0.4) is 0 Å². The first-order valence-electron chi connectivity index (χ1n) is 8.94. The van der Waals surface area contributed by atoms with Gasteiger partial charge < -0.3 is 13.9 Å². The summed E-state index contributed by atoms with van der Waals surface area (Å²) in [5, 5.41) is 9.32. The van der Waals surface area contributed by atoms with Crippen LogP contribution < -0.4 is 14.2 Å². The number of aromatic nitrogens is 3. The van der Waals surface area contributed by atoms with E-state index in [0.717, 1.165) is 5.69 Å². The van der Waals surface area contributed by atoms with Crippen LogP contribution in [0.25, 0.3) is 17.3 Å². The molecule has 0 saturated heterocycles. The SMILES string of the molecule is COc1cccc(OC)c1-n1c(NSC2CCCC2)nnc1-c1ccco1. The third-order valence-electron chi connectivity index (χ3n) is 4.65. The smallest absolute Gasteiger partial charge is 0.239 e. The monoisotopic (exact) mass is 386 g/mol. The lowest BCUT2D eigenvalue weighted by Crippen LogP contribution is -2.08. The zero-order valence-corrected chi connectivity index (χ0v) is 16.2. The summed E-state index contributed by atoms with van der Waals surface area (Å²) in [6.45, 7) is 0. The first-order valence-corrected chi connectivity index (χ1v) is 9.82. The van der Waals surface area contributed by atoms with Gasteiger partial charge in [0.25, 0.3) is 0 Å². The molecular weight excluding hydrogens is 364 g/mol. The maximum atomic E-state index is 5.60. The Morgan fingerprint density at radius 3 is 2.44 bits per heavy atom. The highest BCUT2D eigenvalue weighted by atomic mass is 32.2. The van der Waals surface area contributed by atoms with Crippen molar-refractivity contribution in [2.75, 3.05) is 18.9 Å². The molecule has 0 atom stereocenters. The molecule has 0 spiro atoms. The van der Waals surface area contributed by atoms with E-state index >= 15 is 0 Å². The van der Waals surface area contributed by atoms with E-state index in [0.29, 0.717) is 34.3 Å². The number of ether oxygens (including phenoxy) is 2. The minimum Gasteiger partial charge on any atom is -0.494 e. The Morgan fingerprint density at radius 1 is 1.07 bits per heavy atom. The van der Waals surface area contributed by atoms with E-state index in [1.165, 1.54) is 25.7 Å². The number of rotatable bonds is 7. The lowest BCUT2D eigenvalue weighted by Gasteiger charge is -2.17. The van der Waals surface area contributed by atoms with Crippen molar-refractivity contribution >= 4 is 17.9 Å².